The molecule has 0 saturated carbocycles. The first-order chi connectivity index (χ1) is 6.59. The molecule has 3 nitrogen and oxygen atoms in total. The topological polar surface area (TPSA) is 54.4 Å². The Kier molecular flexibility index (Phi) is 4.38. The van der Waals surface area contributed by atoms with Crippen LogP contribution < -0.4 is 0 Å². The van der Waals surface area contributed by atoms with Crippen LogP contribution in [-0.4, -0.2) is 42.5 Å². The van der Waals surface area contributed by atoms with Gasteiger partial charge in [0, 0.05) is 29.6 Å². The van der Waals surface area contributed by atoms with E-state index in [0.717, 1.165) is 24.0 Å². The molecular weight excluding hydrogens is 223 g/mol. The number of rotatable bonds is 1. The Bertz CT molecular complexity index is 442. The quantitative estimate of drug-likeness (QED) is 0.594. The van der Waals surface area contributed by atoms with E-state index in [4.69, 9.17) is 4.55 Å². The van der Waals surface area contributed by atoms with Gasteiger partial charge in [-0.05, 0) is 30.4 Å². The van der Waals surface area contributed by atoms with E-state index in [-0.39, 0.29) is 29.6 Å². The van der Waals surface area contributed by atoms with E-state index in [0.29, 0.717) is 6.42 Å². The van der Waals surface area contributed by atoms with Crippen LogP contribution in [0, 0.1) is 0 Å². The van der Waals surface area contributed by atoms with Crippen molar-refractivity contribution < 1.29 is 13.0 Å². The van der Waals surface area contributed by atoms with Crippen LogP contribution in [0.2, 0.25) is 0 Å². The summed E-state index contributed by atoms with van der Waals surface area (Å²) in [5.41, 5.74) is 1.81. The van der Waals surface area contributed by atoms with Gasteiger partial charge in [0.25, 0.3) is 10.1 Å². The van der Waals surface area contributed by atoms with Gasteiger partial charge in [-0.15, -0.1) is 0 Å². The average molecular weight is 235 g/mol. The maximum Gasteiger partial charge on any atom is 0.271 e. The summed E-state index contributed by atoms with van der Waals surface area (Å²) in [5, 5.41) is -0.715. The van der Waals surface area contributed by atoms with Gasteiger partial charge in [0.05, 0.1) is 0 Å². The molecule has 1 aliphatic carbocycles. The zero-order chi connectivity index (χ0) is 10.2. The van der Waals surface area contributed by atoms with E-state index >= 15 is 0 Å². The molecule has 1 aromatic carbocycles. The van der Waals surface area contributed by atoms with Crippen LogP contribution in [0.4, 0.5) is 0 Å². The van der Waals surface area contributed by atoms with Crippen molar-refractivity contribution >= 4 is 39.7 Å². The van der Waals surface area contributed by atoms with Crippen LogP contribution in [0.3, 0.4) is 0 Å². The summed E-state index contributed by atoms with van der Waals surface area (Å²) in [6.07, 6.45) is 2.25. The van der Waals surface area contributed by atoms with Crippen molar-refractivity contribution in [1.82, 2.24) is 0 Å². The van der Waals surface area contributed by atoms with Crippen molar-refractivity contribution in [2.24, 2.45) is 0 Å². The molecule has 0 spiro atoms. The zero-order valence-corrected chi connectivity index (χ0v) is 11.5. The molecule has 0 aliphatic heterocycles. The Labute approximate surface area is 112 Å². The molecule has 1 radical (unpaired) electrons. The minimum atomic E-state index is -3.94. The van der Waals surface area contributed by atoms with E-state index in [1.54, 1.807) is 6.07 Å². The van der Waals surface area contributed by atoms with Crippen LogP contribution in [0.1, 0.15) is 29.2 Å². The summed E-state index contributed by atoms with van der Waals surface area (Å²) in [6.45, 7) is 0. The monoisotopic (exact) mass is 235 g/mol. The molecular formula is C10H12NaO3S. The fourth-order valence-electron chi connectivity index (χ4n) is 2.02. The van der Waals surface area contributed by atoms with Crippen molar-refractivity contribution in [2.45, 2.75) is 24.5 Å². The maximum atomic E-state index is 11.1. The Hall–Kier alpha value is 0.130. The molecule has 0 aromatic heterocycles. The SMILES string of the molecule is O=S(=O)(O)C1CCCc2ccccc21.[Na]. The van der Waals surface area contributed by atoms with Gasteiger partial charge in [-0.3, -0.25) is 4.55 Å². The summed E-state index contributed by atoms with van der Waals surface area (Å²) >= 11 is 0. The second-order valence-electron chi connectivity index (χ2n) is 3.59. The molecule has 5 heteroatoms. The molecule has 0 bridgehead atoms. The number of fused-ring (bicyclic) bond motifs is 1. The Morgan fingerprint density at radius 3 is 2.60 bits per heavy atom. The van der Waals surface area contributed by atoms with Crippen molar-refractivity contribution in [3.05, 3.63) is 35.4 Å². The molecule has 0 saturated heterocycles. The molecule has 15 heavy (non-hydrogen) atoms. The molecule has 1 N–H and O–H groups in total. The van der Waals surface area contributed by atoms with Crippen molar-refractivity contribution in [3.63, 3.8) is 0 Å². The van der Waals surface area contributed by atoms with E-state index in [1.807, 2.05) is 18.2 Å². The number of hydrogen-bond acceptors (Lipinski definition) is 2. The minimum Gasteiger partial charge on any atom is -0.285 e. The first-order valence-corrected chi connectivity index (χ1v) is 6.13. The second-order valence-corrected chi connectivity index (χ2v) is 5.19. The van der Waals surface area contributed by atoms with Gasteiger partial charge in [-0.2, -0.15) is 8.42 Å². The minimum absolute atomic E-state index is 0. The van der Waals surface area contributed by atoms with Gasteiger partial charge in [0.1, 0.15) is 5.25 Å². The fraction of sp³-hybridized carbons (Fsp3) is 0.400. The van der Waals surface area contributed by atoms with Crippen LogP contribution in [0.5, 0.6) is 0 Å². The summed E-state index contributed by atoms with van der Waals surface area (Å²) in [5.74, 6) is 0. The number of aryl methyl sites for hydroxylation is 1. The summed E-state index contributed by atoms with van der Waals surface area (Å²) in [4.78, 5) is 0. The smallest absolute Gasteiger partial charge is 0.271 e. The van der Waals surface area contributed by atoms with E-state index in [1.165, 1.54) is 0 Å². The summed E-state index contributed by atoms with van der Waals surface area (Å²) in [7, 11) is -3.94. The van der Waals surface area contributed by atoms with Crippen molar-refractivity contribution in [1.29, 1.82) is 0 Å². The predicted molar refractivity (Wildman–Crippen MR) is 59.4 cm³/mol. The molecule has 1 aliphatic rings. The van der Waals surface area contributed by atoms with Crippen molar-refractivity contribution in [3.8, 4) is 0 Å². The summed E-state index contributed by atoms with van der Waals surface area (Å²) in [6, 6.07) is 7.41. The molecule has 77 valence electrons. The van der Waals surface area contributed by atoms with Gasteiger partial charge < -0.3 is 0 Å². The molecule has 0 fully saturated rings. The van der Waals surface area contributed by atoms with E-state index in [2.05, 4.69) is 0 Å². The molecule has 1 aromatic rings. The van der Waals surface area contributed by atoms with Crippen LogP contribution >= 0.6 is 0 Å². The third-order valence-corrected chi connectivity index (χ3v) is 3.88. The number of hydrogen-bond donors (Lipinski definition) is 1. The van der Waals surface area contributed by atoms with E-state index in [9.17, 15) is 8.42 Å². The molecule has 1 atom stereocenters. The first kappa shape index (κ1) is 13.2. The average Bonchev–Trinajstić information content (AvgIpc) is 2.15. The van der Waals surface area contributed by atoms with Crippen LogP contribution in [0.25, 0.3) is 0 Å². The molecule has 2 rings (SSSR count). The van der Waals surface area contributed by atoms with Gasteiger partial charge in [-0.1, -0.05) is 24.3 Å². The molecule has 1 unspecified atom stereocenters. The fourth-order valence-corrected chi connectivity index (χ4v) is 3.03. The largest absolute Gasteiger partial charge is 0.285 e. The van der Waals surface area contributed by atoms with Gasteiger partial charge in [0.15, 0.2) is 0 Å². The predicted octanol–water partition coefficient (Wildman–Crippen LogP) is 1.57. The van der Waals surface area contributed by atoms with E-state index < -0.39 is 15.4 Å². The van der Waals surface area contributed by atoms with Gasteiger partial charge in [-0.25, -0.2) is 0 Å². The molecule has 0 amide bonds. The van der Waals surface area contributed by atoms with Crippen molar-refractivity contribution in [2.75, 3.05) is 0 Å². The summed E-state index contributed by atoms with van der Waals surface area (Å²) < 4.78 is 31.3. The van der Waals surface area contributed by atoms with Crippen LogP contribution in [0.15, 0.2) is 24.3 Å². The van der Waals surface area contributed by atoms with Gasteiger partial charge in [0.2, 0.25) is 0 Å². The Morgan fingerprint density at radius 1 is 1.27 bits per heavy atom. The van der Waals surface area contributed by atoms with Gasteiger partial charge >= 0.3 is 0 Å². The second kappa shape index (κ2) is 4.97. The number of benzene rings is 1. The Balaban J connectivity index is 0.00000112. The Morgan fingerprint density at radius 2 is 1.93 bits per heavy atom. The maximum absolute atomic E-state index is 11.1. The third kappa shape index (κ3) is 2.82. The standard InChI is InChI=1S/C10H12O3S.Na/c11-14(12,13)10-7-3-5-8-4-1-2-6-9(8)10;/h1-2,4,6,10H,3,5,7H2,(H,11,12,13);. The molecule has 0 heterocycles. The first-order valence-electron chi connectivity index (χ1n) is 4.63. The normalized spacial score (nSPS) is 20.2. The van der Waals surface area contributed by atoms with Crippen LogP contribution in [-0.2, 0) is 16.5 Å². The zero-order valence-electron chi connectivity index (χ0n) is 8.68. The third-order valence-electron chi connectivity index (χ3n) is 2.67.